The van der Waals surface area contributed by atoms with Gasteiger partial charge in [-0.3, -0.25) is 9.48 Å². The van der Waals surface area contributed by atoms with Crippen LogP contribution in [0.4, 0.5) is 0 Å². The molecular weight excluding hydrogens is 292 g/mol. The van der Waals surface area contributed by atoms with E-state index in [2.05, 4.69) is 10.00 Å². The maximum atomic E-state index is 13.0. The zero-order valence-electron chi connectivity index (χ0n) is 13.8. The summed E-state index contributed by atoms with van der Waals surface area (Å²) in [6, 6.07) is 9.64. The minimum atomic E-state index is -0.0165. The molecule has 1 aromatic heterocycles. The van der Waals surface area contributed by atoms with Crippen LogP contribution in [0.5, 0.6) is 5.75 Å². The van der Waals surface area contributed by atoms with Crippen LogP contribution in [-0.2, 0) is 13.6 Å². The van der Waals surface area contributed by atoms with Crippen LogP contribution in [0, 0.1) is 0 Å². The third-order valence-electron chi connectivity index (χ3n) is 4.06. The highest BCUT2D eigenvalue weighted by Crippen LogP contribution is 2.26. The van der Waals surface area contributed by atoms with Crippen molar-refractivity contribution in [2.45, 2.75) is 12.6 Å². The molecule has 0 unspecified atom stereocenters. The molecule has 0 fully saturated rings. The quantitative estimate of drug-likeness (QED) is 0.859. The number of ether oxygens (including phenoxy) is 1. The average molecular weight is 314 g/mol. The van der Waals surface area contributed by atoms with E-state index >= 15 is 0 Å². The molecule has 1 aliphatic rings. The largest absolute Gasteiger partial charge is 0.491 e. The highest BCUT2D eigenvalue weighted by Gasteiger charge is 2.30. The van der Waals surface area contributed by atoms with Gasteiger partial charge in [-0.15, -0.1) is 0 Å². The number of amides is 1. The lowest BCUT2D eigenvalue weighted by atomic mass is 10.1. The number of para-hydroxylation sites is 1. The first kappa shape index (κ1) is 15.6. The van der Waals surface area contributed by atoms with E-state index in [4.69, 9.17) is 4.74 Å². The minimum Gasteiger partial charge on any atom is -0.491 e. The normalized spacial score (nSPS) is 17.6. The number of aryl methyl sites for hydroxylation is 1. The van der Waals surface area contributed by atoms with E-state index in [9.17, 15) is 4.79 Å². The molecule has 0 radical (unpaired) electrons. The lowest BCUT2D eigenvalue weighted by molar-refractivity contribution is 0.0572. The molecule has 2 heterocycles. The van der Waals surface area contributed by atoms with Crippen molar-refractivity contribution in [3.63, 3.8) is 0 Å². The van der Waals surface area contributed by atoms with Crippen molar-refractivity contribution in [3.05, 3.63) is 47.8 Å². The molecule has 1 aromatic carbocycles. The summed E-state index contributed by atoms with van der Waals surface area (Å²) in [6.07, 6.45) is 1.65. The van der Waals surface area contributed by atoms with E-state index in [1.165, 1.54) is 0 Å². The fraction of sp³-hybridized carbons (Fsp3) is 0.412. The molecule has 1 atom stereocenters. The Labute approximate surface area is 136 Å². The summed E-state index contributed by atoms with van der Waals surface area (Å²) < 4.78 is 7.56. The van der Waals surface area contributed by atoms with Crippen molar-refractivity contribution in [1.82, 2.24) is 19.6 Å². The molecule has 0 bridgehead atoms. The second-order valence-electron chi connectivity index (χ2n) is 6.11. The van der Waals surface area contributed by atoms with Gasteiger partial charge < -0.3 is 14.5 Å². The van der Waals surface area contributed by atoms with E-state index in [0.29, 0.717) is 18.8 Å². The lowest BCUT2D eigenvalue weighted by Gasteiger charge is -2.31. The first-order chi connectivity index (χ1) is 11.1. The Morgan fingerprint density at radius 3 is 2.83 bits per heavy atom. The van der Waals surface area contributed by atoms with Crippen LogP contribution < -0.4 is 4.74 Å². The van der Waals surface area contributed by atoms with Crippen molar-refractivity contribution < 1.29 is 9.53 Å². The summed E-state index contributed by atoms with van der Waals surface area (Å²) in [5, 5.41) is 4.11. The lowest BCUT2D eigenvalue weighted by Crippen LogP contribution is -2.47. The number of aromatic nitrogens is 2. The molecule has 0 saturated carbocycles. The number of carbonyl (C=O) groups is 1. The van der Waals surface area contributed by atoms with Gasteiger partial charge in [0.05, 0.1) is 12.6 Å². The summed E-state index contributed by atoms with van der Waals surface area (Å²) >= 11 is 0. The highest BCUT2D eigenvalue weighted by atomic mass is 16.5. The molecule has 0 aliphatic carbocycles. The topological polar surface area (TPSA) is 50.6 Å². The van der Waals surface area contributed by atoms with E-state index in [1.807, 2.05) is 43.3 Å². The predicted molar refractivity (Wildman–Crippen MR) is 87.4 cm³/mol. The molecule has 23 heavy (non-hydrogen) atoms. The number of nitrogens with zero attached hydrogens (tertiary/aromatic N) is 4. The minimum absolute atomic E-state index is 0.0141. The second-order valence-corrected chi connectivity index (χ2v) is 6.11. The Kier molecular flexibility index (Phi) is 4.34. The third kappa shape index (κ3) is 3.22. The number of benzene rings is 1. The summed E-state index contributed by atoms with van der Waals surface area (Å²) in [5.41, 5.74) is 1.62. The van der Waals surface area contributed by atoms with Gasteiger partial charge in [0.2, 0.25) is 0 Å². The van der Waals surface area contributed by atoms with Gasteiger partial charge in [-0.05, 0) is 26.2 Å². The number of fused-ring (bicyclic) bond motifs is 1. The summed E-state index contributed by atoms with van der Waals surface area (Å²) in [7, 11) is 5.80. The van der Waals surface area contributed by atoms with Crippen molar-refractivity contribution in [3.8, 4) is 5.75 Å². The molecule has 0 spiro atoms. The van der Waals surface area contributed by atoms with Crippen LogP contribution in [0.2, 0.25) is 0 Å². The SMILES string of the molecule is CN(C)C[C@@H]1COc2ccccc2CN1C(=O)c1ccnn1C. The first-order valence-corrected chi connectivity index (χ1v) is 7.70. The Bertz CT molecular complexity index is 695. The van der Waals surface area contributed by atoms with Crippen molar-refractivity contribution in [2.75, 3.05) is 27.2 Å². The maximum Gasteiger partial charge on any atom is 0.272 e. The van der Waals surface area contributed by atoms with Crippen LogP contribution in [0.3, 0.4) is 0 Å². The number of likely N-dealkylation sites (N-methyl/N-ethyl adjacent to an activating group) is 1. The van der Waals surface area contributed by atoms with Gasteiger partial charge in [-0.25, -0.2) is 0 Å². The maximum absolute atomic E-state index is 13.0. The Balaban J connectivity index is 1.94. The molecule has 6 heteroatoms. The molecule has 3 rings (SSSR count). The predicted octanol–water partition coefficient (Wildman–Crippen LogP) is 1.39. The monoisotopic (exact) mass is 314 g/mol. The van der Waals surface area contributed by atoms with Gasteiger partial charge in [0.1, 0.15) is 18.1 Å². The van der Waals surface area contributed by atoms with Gasteiger partial charge in [0, 0.05) is 25.4 Å². The van der Waals surface area contributed by atoms with E-state index in [-0.39, 0.29) is 11.9 Å². The first-order valence-electron chi connectivity index (χ1n) is 7.70. The average Bonchev–Trinajstić information content (AvgIpc) is 2.86. The highest BCUT2D eigenvalue weighted by molar-refractivity contribution is 5.92. The van der Waals surface area contributed by atoms with Gasteiger partial charge >= 0.3 is 0 Å². The zero-order chi connectivity index (χ0) is 16.4. The van der Waals surface area contributed by atoms with E-state index in [1.54, 1.807) is 24.0 Å². The summed E-state index contributed by atoms with van der Waals surface area (Å²) in [6.45, 7) is 1.77. The van der Waals surface area contributed by atoms with Crippen LogP contribution in [-0.4, -0.2) is 58.8 Å². The molecule has 6 nitrogen and oxygen atoms in total. The van der Waals surface area contributed by atoms with Crippen molar-refractivity contribution in [2.24, 2.45) is 7.05 Å². The van der Waals surface area contributed by atoms with Crippen LogP contribution in [0.25, 0.3) is 0 Å². The van der Waals surface area contributed by atoms with Gasteiger partial charge in [0.25, 0.3) is 5.91 Å². The molecule has 2 aromatic rings. The van der Waals surface area contributed by atoms with E-state index < -0.39 is 0 Å². The fourth-order valence-corrected chi connectivity index (χ4v) is 2.91. The Morgan fingerprint density at radius 1 is 1.35 bits per heavy atom. The molecule has 122 valence electrons. The Hall–Kier alpha value is -2.34. The van der Waals surface area contributed by atoms with Crippen molar-refractivity contribution in [1.29, 1.82) is 0 Å². The van der Waals surface area contributed by atoms with Gasteiger partial charge in [-0.1, -0.05) is 18.2 Å². The van der Waals surface area contributed by atoms with Gasteiger partial charge in [-0.2, -0.15) is 5.10 Å². The van der Waals surface area contributed by atoms with Gasteiger partial charge in [0.15, 0.2) is 0 Å². The molecule has 0 saturated heterocycles. The third-order valence-corrected chi connectivity index (χ3v) is 4.06. The number of hydrogen-bond donors (Lipinski definition) is 0. The molecule has 1 amide bonds. The number of hydrogen-bond acceptors (Lipinski definition) is 4. The van der Waals surface area contributed by atoms with E-state index in [0.717, 1.165) is 17.9 Å². The van der Waals surface area contributed by atoms with Crippen LogP contribution >= 0.6 is 0 Å². The van der Waals surface area contributed by atoms with Crippen molar-refractivity contribution >= 4 is 5.91 Å². The zero-order valence-corrected chi connectivity index (χ0v) is 13.8. The fourth-order valence-electron chi connectivity index (χ4n) is 2.91. The number of carbonyl (C=O) groups excluding carboxylic acids is 1. The molecule has 1 aliphatic heterocycles. The summed E-state index contributed by atoms with van der Waals surface area (Å²) in [5.74, 6) is 0.841. The second kappa shape index (κ2) is 6.42. The smallest absolute Gasteiger partial charge is 0.272 e. The summed E-state index contributed by atoms with van der Waals surface area (Å²) in [4.78, 5) is 17.0. The standard InChI is InChI=1S/C17H22N4O2/c1-19(2)11-14-12-23-16-7-5-4-6-13(16)10-21(14)17(22)15-8-9-18-20(15)3/h4-9,14H,10-12H2,1-3H3/t14-/m1/s1. The molecular formula is C17H22N4O2. The van der Waals surface area contributed by atoms with Crippen LogP contribution in [0.1, 0.15) is 16.1 Å². The number of rotatable bonds is 3. The molecule has 0 N–H and O–H groups in total. The van der Waals surface area contributed by atoms with Crippen LogP contribution in [0.15, 0.2) is 36.5 Å². The Morgan fingerprint density at radius 2 is 2.13 bits per heavy atom.